The van der Waals surface area contributed by atoms with E-state index in [4.69, 9.17) is 0 Å². The highest BCUT2D eigenvalue weighted by molar-refractivity contribution is 5.82. The molecule has 3 heteroatoms. The first kappa shape index (κ1) is 15.8. The normalized spacial score (nSPS) is 33.7. The van der Waals surface area contributed by atoms with Crippen LogP contribution in [0.25, 0.3) is 0 Å². The molecule has 0 aromatic rings. The predicted molar refractivity (Wildman–Crippen MR) is 87.3 cm³/mol. The van der Waals surface area contributed by atoms with Crippen LogP contribution in [0.5, 0.6) is 0 Å². The molecule has 4 atom stereocenters. The molecule has 122 valence electrons. The summed E-state index contributed by atoms with van der Waals surface area (Å²) in [5.74, 6) is 1.65. The topological polar surface area (TPSA) is 46.2 Å². The van der Waals surface area contributed by atoms with Gasteiger partial charge in [0.2, 0.25) is 5.91 Å². The van der Waals surface area contributed by atoms with Crippen LogP contribution in [0.1, 0.15) is 64.2 Å². The number of carbonyl (C=O) groups excluding carboxylic acids is 2. The highest BCUT2D eigenvalue weighted by Crippen LogP contribution is 2.40. The zero-order valence-electron chi connectivity index (χ0n) is 13.5. The van der Waals surface area contributed by atoms with Gasteiger partial charge >= 0.3 is 0 Å². The summed E-state index contributed by atoms with van der Waals surface area (Å²) in [6.45, 7) is 0. The molecule has 22 heavy (non-hydrogen) atoms. The van der Waals surface area contributed by atoms with Crippen LogP contribution in [0.3, 0.4) is 0 Å². The molecule has 0 aromatic carbocycles. The maximum Gasteiger partial charge on any atom is 0.224 e. The van der Waals surface area contributed by atoms with Crippen LogP contribution in [-0.2, 0) is 9.59 Å². The molecule has 0 saturated heterocycles. The summed E-state index contributed by atoms with van der Waals surface area (Å²) in [6.07, 6.45) is 17.1. The highest BCUT2D eigenvalue weighted by Gasteiger charge is 2.37. The minimum absolute atomic E-state index is 0.0846. The molecule has 1 N–H and O–H groups in total. The van der Waals surface area contributed by atoms with Crippen LogP contribution in [0, 0.1) is 23.7 Å². The summed E-state index contributed by atoms with van der Waals surface area (Å²) in [6, 6.07) is -0.263. The summed E-state index contributed by atoms with van der Waals surface area (Å²) >= 11 is 0. The predicted octanol–water partition coefficient (Wildman–Crippen LogP) is 3.63. The first-order chi connectivity index (χ1) is 10.8. The smallest absolute Gasteiger partial charge is 0.224 e. The van der Waals surface area contributed by atoms with Gasteiger partial charge in [-0.05, 0) is 49.9 Å². The molecule has 1 amide bonds. The van der Waals surface area contributed by atoms with E-state index in [0.29, 0.717) is 17.8 Å². The SMILES string of the molecule is O=CC(NC(=O)C1CC=CC2CCCCC21)C1CCCCC1. The van der Waals surface area contributed by atoms with E-state index in [0.717, 1.165) is 25.5 Å². The van der Waals surface area contributed by atoms with Gasteiger partial charge in [-0.2, -0.15) is 0 Å². The Hall–Kier alpha value is -1.12. The average molecular weight is 303 g/mol. The third-order valence-electron chi connectivity index (χ3n) is 6.11. The van der Waals surface area contributed by atoms with Crippen LogP contribution in [-0.4, -0.2) is 18.2 Å². The summed E-state index contributed by atoms with van der Waals surface area (Å²) in [5, 5.41) is 3.10. The number of aldehydes is 1. The molecule has 0 aromatic heterocycles. The molecular weight excluding hydrogens is 274 g/mol. The van der Waals surface area contributed by atoms with Crippen molar-refractivity contribution in [2.24, 2.45) is 23.7 Å². The minimum Gasteiger partial charge on any atom is -0.346 e. The Labute approximate surface area is 133 Å². The van der Waals surface area contributed by atoms with Gasteiger partial charge in [0.1, 0.15) is 6.29 Å². The van der Waals surface area contributed by atoms with Crippen molar-refractivity contribution in [3.05, 3.63) is 12.2 Å². The van der Waals surface area contributed by atoms with E-state index in [9.17, 15) is 9.59 Å². The summed E-state index contributed by atoms with van der Waals surface area (Å²) < 4.78 is 0. The quantitative estimate of drug-likeness (QED) is 0.637. The fourth-order valence-corrected chi connectivity index (χ4v) is 4.83. The lowest BCUT2D eigenvalue weighted by Gasteiger charge is -2.38. The third-order valence-corrected chi connectivity index (χ3v) is 6.11. The standard InChI is InChI=1S/C19H29NO2/c21-13-18(15-8-2-1-3-9-15)20-19(22)17-12-6-10-14-7-4-5-11-16(14)17/h6,10,13-18H,1-5,7-9,11-12H2,(H,20,22). The van der Waals surface area contributed by atoms with Crippen LogP contribution in [0.4, 0.5) is 0 Å². The molecule has 0 spiro atoms. The Morgan fingerprint density at radius 1 is 1.05 bits per heavy atom. The van der Waals surface area contributed by atoms with E-state index >= 15 is 0 Å². The molecule has 2 saturated carbocycles. The van der Waals surface area contributed by atoms with Crippen LogP contribution in [0.2, 0.25) is 0 Å². The van der Waals surface area contributed by atoms with Crippen molar-refractivity contribution in [3.8, 4) is 0 Å². The van der Waals surface area contributed by atoms with Gasteiger partial charge in [0.25, 0.3) is 0 Å². The highest BCUT2D eigenvalue weighted by atomic mass is 16.2. The molecular formula is C19H29NO2. The number of hydrogen-bond donors (Lipinski definition) is 1. The van der Waals surface area contributed by atoms with E-state index in [1.165, 1.54) is 44.9 Å². The Morgan fingerprint density at radius 3 is 2.55 bits per heavy atom. The Balaban J connectivity index is 1.62. The molecule has 2 fully saturated rings. The van der Waals surface area contributed by atoms with Gasteiger partial charge in [-0.25, -0.2) is 0 Å². The summed E-state index contributed by atoms with van der Waals surface area (Å²) in [7, 11) is 0. The lowest BCUT2D eigenvalue weighted by Crippen LogP contribution is -2.47. The fourth-order valence-electron chi connectivity index (χ4n) is 4.83. The second-order valence-electron chi connectivity index (χ2n) is 7.45. The number of carbonyl (C=O) groups is 2. The second-order valence-corrected chi connectivity index (χ2v) is 7.45. The zero-order valence-corrected chi connectivity index (χ0v) is 13.5. The van der Waals surface area contributed by atoms with Gasteiger partial charge in [0, 0.05) is 5.92 Å². The van der Waals surface area contributed by atoms with Gasteiger partial charge < -0.3 is 10.1 Å². The monoisotopic (exact) mass is 303 g/mol. The first-order valence-electron chi connectivity index (χ1n) is 9.22. The van der Waals surface area contributed by atoms with Crippen molar-refractivity contribution in [1.82, 2.24) is 5.32 Å². The summed E-state index contributed by atoms with van der Waals surface area (Å²) in [4.78, 5) is 24.2. The second kappa shape index (κ2) is 7.43. The number of nitrogens with one attached hydrogen (secondary N) is 1. The molecule has 3 rings (SSSR count). The van der Waals surface area contributed by atoms with Crippen molar-refractivity contribution in [2.45, 2.75) is 70.3 Å². The van der Waals surface area contributed by atoms with Crippen molar-refractivity contribution in [3.63, 3.8) is 0 Å². The third kappa shape index (κ3) is 3.44. The Bertz CT molecular complexity index is 425. The van der Waals surface area contributed by atoms with Gasteiger partial charge in [-0.1, -0.05) is 44.3 Å². The van der Waals surface area contributed by atoms with Crippen LogP contribution >= 0.6 is 0 Å². The number of allylic oxidation sites excluding steroid dienone is 2. The van der Waals surface area contributed by atoms with E-state index < -0.39 is 0 Å². The Kier molecular flexibility index (Phi) is 5.32. The fraction of sp³-hybridized carbons (Fsp3) is 0.789. The van der Waals surface area contributed by atoms with E-state index in [1.807, 2.05) is 0 Å². The molecule has 0 radical (unpaired) electrons. The maximum absolute atomic E-state index is 12.8. The molecule has 3 aliphatic rings. The minimum atomic E-state index is -0.263. The van der Waals surface area contributed by atoms with E-state index in [-0.39, 0.29) is 17.9 Å². The van der Waals surface area contributed by atoms with Crippen molar-refractivity contribution < 1.29 is 9.59 Å². The molecule has 3 aliphatic carbocycles. The van der Waals surface area contributed by atoms with Crippen molar-refractivity contribution >= 4 is 12.2 Å². The lowest BCUT2D eigenvalue weighted by molar-refractivity contribution is -0.131. The van der Waals surface area contributed by atoms with Gasteiger partial charge in [0.05, 0.1) is 6.04 Å². The summed E-state index contributed by atoms with van der Waals surface area (Å²) in [5.41, 5.74) is 0. The van der Waals surface area contributed by atoms with Crippen LogP contribution in [0.15, 0.2) is 12.2 Å². The first-order valence-corrected chi connectivity index (χ1v) is 9.22. The molecule has 0 heterocycles. The van der Waals surface area contributed by atoms with Gasteiger partial charge in [0.15, 0.2) is 0 Å². The number of rotatable bonds is 4. The van der Waals surface area contributed by atoms with E-state index in [2.05, 4.69) is 17.5 Å². The van der Waals surface area contributed by atoms with Gasteiger partial charge in [-0.3, -0.25) is 4.79 Å². The maximum atomic E-state index is 12.8. The van der Waals surface area contributed by atoms with Gasteiger partial charge in [-0.15, -0.1) is 0 Å². The molecule has 0 aliphatic heterocycles. The molecule has 4 unspecified atom stereocenters. The van der Waals surface area contributed by atoms with E-state index in [1.54, 1.807) is 0 Å². The number of fused-ring (bicyclic) bond motifs is 1. The number of amides is 1. The van der Waals surface area contributed by atoms with Crippen LogP contribution < -0.4 is 5.32 Å². The largest absolute Gasteiger partial charge is 0.346 e. The molecule has 3 nitrogen and oxygen atoms in total. The van der Waals surface area contributed by atoms with Crippen molar-refractivity contribution in [2.75, 3.05) is 0 Å². The Morgan fingerprint density at radius 2 is 1.77 bits per heavy atom. The van der Waals surface area contributed by atoms with Crippen molar-refractivity contribution in [1.29, 1.82) is 0 Å². The average Bonchev–Trinajstić information content (AvgIpc) is 2.59. The lowest BCUT2D eigenvalue weighted by atomic mass is 9.68. The zero-order chi connectivity index (χ0) is 15.4. The number of hydrogen-bond acceptors (Lipinski definition) is 2. The molecule has 0 bridgehead atoms.